The van der Waals surface area contributed by atoms with Crippen LogP contribution in [0, 0.1) is 0 Å². The highest BCUT2D eigenvalue weighted by atomic mass is 16.5. The van der Waals surface area contributed by atoms with E-state index in [1.807, 2.05) is 36.4 Å². The van der Waals surface area contributed by atoms with Gasteiger partial charge in [-0.2, -0.15) is 0 Å². The molecule has 0 spiro atoms. The van der Waals surface area contributed by atoms with Crippen LogP contribution in [-0.2, 0) is 4.74 Å². The Bertz CT molecular complexity index is 944. The van der Waals surface area contributed by atoms with Gasteiger partial charge in [-0.3, -0.25) is 0 Å². The molecular formula is C19H18N2O4. The summed E-state index contributed by atoms with van der Waals surface area (Å²) in [4.78, 5) is 19.5. The number of nitrogens with one attached hydrogen (secondary N) is 1. The van der Waals surface area contributed by atoms with Crippen LogP contribution in [0.3, 0.4) is 0 Å². The van der Waals surface area contributed by atoms with Crippen molar-refractivity contribution in [3.8, 4) is 11.5 Å². The van der Waals surface area contributed by atoms with Gasteiger partial charge < -0.3 is 19.2 Å². The number of ether oxygens (including phenoxy) is 3. The Kier molecular flexibility index (Phi) is 4.70. The summed E-state index contributed by atoms with van der Waals surface area (Å²) < 4.78 is 15.4. The molecule has 1 aromatic heterocycles. The number of esters is 1. The van der Waals surface area contributed by atoms with Gasteiger partial charge in [-0.05, 0) is 42.5 Å². The van der Waals surface area contributed by atoms with Crippen molar-refractivity contribution >= 4 is 29.2 Å². The standard InChI is InChI=1S/C19H18N2O4/c1-23-13-8-9-16(24-2)12(11-13)7-10-17-20-15-6-4-5-14(18(15)21-17)19(22)25-3/h4-11H,1-3H3,(H,20,21)/b10-7+. The van der Waals surface area contributed by atoms with Gasteiger partial charge in [0.15, 0.2) is 0 Å². The first-order chi connectivity index (χ1) is 12.2. The van der Waals surface area contributed by atoms with Crippen LogP contribution in [0.15, 0.2) is 36.4 Å². The number of aromatic nitrogens is 2. The third-order valence-electron chi connectivity index (χ3n) is 3.79. The van der Waals surface area contributed by atoms with E-state index in [1.165, 1.54) is 7.11 Å². The maximum Gasteiger partial charge on any atom is 0.340 e. The number of para-hydroxylation sites is 1. The fourth-order valence-corrected chi connectivity index (χ4v) is 2.54. The number of H-pyrrole nitrogens is 1. The Morgan fingerprint density at radius 2 is 1.92 bits per heavy atom. The number of fused-ring (bicyclic) bond motifs is 1. The predicted molar refractivity (Wildman–Crippen MR) is 95.9 cm³/mol. The molecule has 0 fully saturated rings. The van der Waals surface area contributed by atoms with Crippen LogP contribution in [0.2, 0.25) is 0 Å². The Morgan fingerprint density at radius 3 is 2.64 bits per heavy atom. The molecular weight excluding hydrogens is 320 g/mol. The van der Waals surface area contributed by atoms with Crippen molar-refractivity contribution in [1.82, 2.24) is 9.97 Å². The summed E-state index contributed by atoms with van der Waals surface area (Å²) in [6.45, 7) is 0. The molecule has 1 N–H and O–H groups in total. The normalized spacial score (nSPS) is 11.0. The topological polar surface area (TPSA) is 73.4 Å². The first-order valence-corrected chi connectivity index (χ1v) is 7.63. The number of carbonyl (C=O) groups excluding carboxylic acids is 1. The maximum atomic E-state index is 11.8. The minimum absolute atomic E-state index is 0.415. The molecule has 25 heavy (non-hydrogen) atoms. The lowest BCUT2D eigenvalue weighted by atomic mass is 10.1. The first-order valence-electron chi connectivity index (χ1n) is 7.63. The number of hydrogen-bond acceptors (Lipinski definition) is 5. The number of rotatable bonds is 5. The van der Waals surface area contributed by atoms with Crippen LogP contribution < -0.4 is 9.47 Å². The summed E-state index contributed by atoms with van der Waals surface area (Å²) in [5, 5.41) is 0. The fraction of sp³-hybridized carbons (Fsp3) is 0.158. The van der Waals surface area contributed by atoms with E-state index in [0.29, 0.717) is 16.9 Å². The highest BCUT2D eigenvalue weighted by Gasteiger charge is 2.13. The summed E-state index contributed by atoms with van der Waals surface area (Å²) in [5.74, 6) is 1.67. The van der Waals surface area contributed by atoms with Gasteiger partial charge in [0.1, 0.15) is 22.8 Å². The second-order valence-electron chi connectivity index (χ2n) is 5.26. The zero-order valence-electron chi connectivity index (χ0n) is 14.2. The zero-order chi connectivity index (χ0) is 17.8. The fourth-order valence-electron chi connectivity index (χ4n) is 2.54. The number of methoxy groups -OCH3 is 3. The van der Waals surface area contributed by atoms with Crippen LogP contribution >= 0.6 is 0 Å². The van der Waals surface area contributed by atoms with Gasteiger partial charge in [0.25, 0.3) is 0 Å². The van der Waals surface area contributed by atoms with Crippen molar-refractivity contribution in [2.45, 2.75) is 0 Å². The Balaban J connectivity index is 1.98. The van der Waals surface area contributed by atoms with E-state index >= 15 is 0 Å². The molecule has 0 aliphatic heterocycles. The highest BCUT2D eigenvalue weighted by Crippen LogP contribution is 2.26. The van der Waals surface area contributed by atoms with Crippen LogP contribution in [-0.4, -0.2) is 37.3 Å². The van der Waals surface area contributed by atoms with Crippen molar-refractivity contribution in [3.63, 3.8) is 0 Å². The van der Waals surface area contributed by atoms with Crippen molar-refractivity contribution in [2.24, 2.45) is 0 Å². The molecule has 0 unspecified atom stereocenters. The molecule has 0 bridgehead atoms. The number of aromatic amines is 1. The summed E-state index contributed by atoms with van der Waals surface area (Å²) >= 11 is 0. The first kappa shape index (κ1) is 16.6. The molecule has 128 valence electrons. The molecule has 3 aromatic rings. The molecule has 0 atom stereocenters. The van der Waals surface area contributed by atoms with Crippen LogP contribution in [0.1, 0.15) is 21.7 Å². The average molecular weight is 338 g/mol. The molecule has 0 aliphatic carbocycles. The molecule has 2 aromatic carbocycles. The molecule has 0 amide bonds. The second kappa shape index (κ2) is 7.09. The average Bonchev–Trinajstić information content (AvgIpc) is 3.08. The molecule has 0 saturated heterocycles. The van der Waals surface area contributed by atoms with Crippen LogP contribution in [0.5, 0.6) is 11.5 Å². The summed E-state index contributed by atoms with van der Waals surface area (Å²) in [7, 11) is 4.58. The monoisotopic (exact) mass is 338 g/mol. The largest absolute Gasteiger partial charge is 0.497 e. The quantitative estimate of drug-likeness (QED) is 0.720. The van der Waals surface area contributed by atoms with E-state index in [4.69, 9.17) is 14.2 Å². The predicted octanol–water partition coefficient (Wildman–Crippen LogP) is 3.54. The zero-order valence-corrected chi connectivity index (χ0v) is 14.2. The SMILES string of the molecule is COC(=O)c1cccc2[nH]c(/C=C/c3cc(OC)ccc3OC)nc12. The number of hydrogen-bond donors (Lipinski definition) is 1. The van der Waals surface area contributed by atoms with Crippen molar-refractivity contribution in [3.05, 3.63) is 53.3 Å². The molecule has 3 rings (SSSR count). The smallest absolute Gasteiger partial charge is 0.340 e. The van der Waals surface area contributed by atoms with E-state index in [9.17, 15) is 4.79 Å². The number of carbonyl (C=O) groups is 1. The minimum atomic E-state index is -0.415. The third kappa shape index (κ3) is 3.33. The summed E-state index contributed by atoms with van der Waals surface area (Å²) in [6, 6.07) is 10.9. The van der Waals surface area contributed by atoms with Gasteiger partial charge >= 0.3 is 5.97 Å². The van der Waals surface area contributed by atoms with Crippen molar-refractivity contribution in [2.75, 3.05) is 21.3 Å². The van der Waals surface area contributed by atoms with E-state index in [0.717, 1.165) is 22.6 Å². The number of imidazole rings is 1. The van der Waals surface area contributed by atoms with Crippen molar-refractivity contribution in [1.29, 1.82) is 0 Å². The highest BCUT2D eigenvalue weighted by molar-refractivity contribution is 6.02. The van der Waals surface area contributed by atoms with Crippen LogP contribution in [0.25, 0.3) is 23.2 Å². The number of nitrogens with zero attached hydrogens (tertiary/aromatic N) is 1. The maximum absolute atomic E-state index is 11.8. The van der Waals surface area contributed by atoms with E-state index in [1.54, 1.807) is 26.4 Å². The van der Waals surface area contributed by atoms with Gasteiger partial charge in [-0.1, -0.05) is 6.07 Å². The van der Waals surface area contributed by atoms with Crippen molar-refractivity contribution < 1.29 is 19.0 Å². The van der Waals surface area contributed by atoms with Gasteiger partial charge in [-0.25, -0.2) is 9.78 Å². The van der Waals surface area contributed by atoms with Gasteiger partial charge in [0, 0.05) is 5.56 Å². The molecule has 6 nitrogen and oxygen atoms in total. The Morgan fingerprint density at radius 1 is 1.08 bits per heavy atom. The molecule has 0 saturated carbocycles. The van der Waals surface area contributed by atoms with Gasteiger partial charge in [-0.15, -0.1) is 0 Å². The summed E-state index contributed by atoms with van der Waals surface area (Å²) in [5.41, 5.74) is 2.62. The van der Waals surface area contributed by atoms with Gasteiger partial charge in [0.2, 0.25) is 0 Å². The Hall–Kier alpha value is -3.28. The van der Waals surface area contributed by atoms with Gasteiger partial charge in [0.05, 0.1) is 32.4 Å². The van der Waals surface area contributed by atoms with E-state index in [-0.39, 0.29) is 0 Å². The summed E-state index contributed by atoms with van der Waals surface area (Å²) in [6.07, 6.45) is 3.69. The van der Waals surface area contributed by atoms with E-state index < -0.39 is 5.97 Å². The third-order valence-corrected chi connectivity index (χ3v) is 3.79. The van der Waals surface area contributed by atoms with Crippen LogP contribution in [0.4, 0.5) is 0 Å². The lowest BCUT2D eigenvalue weighted by Crippen LogP contribution is -2.01. The number of benzene rings is 2. The molecule has 0 radical (unpaired) electrons. The minimum Gasteiger partial charge on any atom is -0.497 e. The lowest BCUT2D eigenvalue weighted by Gasteiger charge is -2.06. The van der Waals surface area contributed by atoms with E-state index in [2.05, 4.69) is 9.97 Å². The molecule has 1 heterocycles. The second-order valence-corrected chi connectivity index (χ2v) is 5.26. The Labute approximate surface area is 145 Å². The molecule has 0 aliphatic rings. The lowest BCUT2D eigenvalue weighted by molar-refractivity contribution is 0.0603. The molecule has 6 heteroatoms.